The Kier molecular flexibility index (Phi) is 18.7. The van der Waals surface area contributed by atoms with Crippen molar-refractivity contribution in [2.24, 2.45) is 0 Å². The molecule has 2 amide bonds. The van der Waals surface area contributed by atoms with E-state index in [0.717, 1.165) is 12.4 Å². The van der Waals surface area contributed by atoms with E-state index in [0.29, 0.717) is 22.7 Å². The van der Waals surface area contributed by atoms with Crippen LogP contribution in [0.3, 0.4) is 0 Å². The number of quaternary nitrogens is 1. The summed E-state index contributed by atoms with van der Waals surface area (Å²) in [6, 6.07) is 10.8. The average Bonchev–Trinajstić information content (AvgIpc) is 3.81. The minimum absolute atomic E-state index is 0.0253. The largest absolute Gasteiger partial charge is 0.524 e. The number of aromatic nitrogens is 2. The smallest absolute Gasteiger partial charge is 0.403 e. The van der Waals surface area contributed by atoms with E-state index in [4.69, 9.17) is 34.9 Å². The first-order valence-corrected chi connectivity index (χ1v) is 19.9. The second-order valence-electron chi connectivity index (χ2n) is 10.5. The number of rotatable bonds is 16. The van der Waals surface area contributed by atoms with Crippen molar-refractivity contribution in [3.8, 4) is 11.5 Å². The van der Waals surface area contributed by atoms with Gasteiger partial charge in [0.2, 0.25) is 0 Å². The number of aliphatic hydroxyl groups excluding tert-OH is 5. The molecule has 0 saturated carbocycles. The fourth-order valence-electron chi connectivity index (χ4n) is 3.81. The summed E-state index contributed by atoms with van der Waals surface area (Å²) in [5.41, 5.74) is -0.299. The first-order valence-electron chi connectivity index (χ1n) is 15.2. The van der Waals surface area contributed by atoms with Crippen LogP contribution >= 0.6 is 38.3 Å². The Balaban J connectivity index is 0.000000307. The van der Waals surface area contributed by atoms with Gasteiger partial charge < -0.3 is 39.9 Å². The number of amides is 2. The van der Waals surface area contributed by atoms with Crippen LogP contribution in [0.4, 0.5) is 20.3 Å². The van der Waals surface area contributed by atoms with E-state index in [9.17, 15) is 49.2 Å². The van der Waals surface area contributed by atoms with Crippen molar-refractivity contribution in [3.63, 3.8) is 0 Å². The monoisotopic (exact) mass is 886 g/mol. The van der Waals surface area contributed by atoms with Crippen LogP contribution in [0.5, 0.6) is 11.5 Å². The molecule has 0 spiro atoms. The topological polar surface area (TPSA) is 422 Å². The van der Waals surface area contributed by atoms with Crippen LogP contribution in [0, 0.1) is 20.2 Å². The minimum Gasteiger partial charge on any atom is -0.403 e. The Labute approximate surface area is 326 Å². The molecule has 0 radical (unpaired) electrons. The van der Waals surface area contributed by atoms with Gasteiger partial charge in [-0.2, -0.15) is 0 Å². The standard InChI is InChI=1S/2C10H8N3O7PS.C7H17NO5/c2*14-9(12-10-11-5-8(22-10)13(15)16)6-3-1-2-4-7(6)20-21(17,18)19;1-8-2-4(10)6(12)7(13)5(11)3-9/h2*1-5H,(H,11,12,14)(H2,17,18,19);4-13H,2-3H2,1H3/p+1/t;;4-,5+,6+,7+/m..0/s1. The molecule has 2 heterocycles. The average molecular weight is 887 g/mol. The fourth-order valence-corrected chi connectivity index (χ4v) is 5.90. The van der Waals surface area contributed by atoms with E-state index >= 15 is 0 Å². The molecule has 0 saturated heterocycles. The number of nitrogens with zero attached hydrogens (tertiary/aromatic N) is 4. The molecule has 0 fully saturated rings. The molecule has 4 rings (SSSR count). The number of aliphatic hydroxyl groups is 5. The number of phosphoric acid groups is 2. The van der Waals surface area contributed by atoms with E-state index in [1.807, 2.05) is 0 Å². The maximum absolute atomic E-state index is 12.1. The summed E-state index contributed by atoms with van der Waals surface area (Å²) in [5, 5.41) is 71.7. The van der Waals surface area contributed by atoms with Gasteiger partial charge in [-0.25, -0.2) is 19.1 Å². The van der Waals surface area contributed by atoms with Crippen LogP contribution in [-0.4, -0.2) is 121 Å². The number of thiazole rings is 2. The van der Waals surface area contributed by atoms with Crippen molar-refractivity contribution in [2.45, 2.75) is 24.4 Å². The number of nitro groups is 2. The number of phosphoric ester groups is 2. The van der Waals surface area contributed by atoms with Crippen molar-refractivity contribution in [1.29, 1.82) is 0 Å². The summed E-state index contributed by atoms with van der Waals surface area (Å²) >= 11 is 1.29. The number of para-hydroxylation sites is 2. The van der Waals surface area contributed by atoms with E-state index in [1.165, 1.54) is 48.5 Å². The van der Waals surface area contributed by atoms with Gasteiger partial charge in [-0.05, 0) is 46.9 Å². The van der Waals surface area contributed by atoms with Gasteiger partial charge in [0.05, 0.1) is 34.6 Å². The summed E-state index contributed by atoms with van der Waals surface area (Å²) in [6.07, 6.45) is -3.56. The molecule has 57 heavy (non-hydrogen) atoms. The van der Waals surface area contributed by atoms with Gasteiger partial charge in [0.25, 0.3) is 11.8 Å². The number of nitrogens with two attached hydrogens (primary N) is 1. The second kappa shape index (κ2) is 22.1. The lowest BCUT2D eigenvalue weighted by Gasteiger charge is -2.24. The van der Waals surface area contributed by atoms with Crippen LogP contribution in [0.1, 0.15) is 20.7 Å². The predicted octanol–water partition coefficient (Wildman–Crippen LogP) is -0.834. The number of anilines is 2. The number of carbonyl (C=O) groups excluding carboxylic acids is 2. The second-order valence-corrected chi connectivity index (χ2v) is 14.9. The van der Waals surface area contributed by atoms with Gasteiger partial charge in [-0.1, -0.05) is 24.3 Å². The zero-order chi connectivity index (χ0) is 43.1. The zero-order valence-corrected chi connectivity index (χ0v) is 32.1. The molecule has 0 unspecified atom stereocenters. The summed E-state index contributed by atoms with van der Waals surface area (Å²) in [7, 11) is -7.96. The van der Waals surface area contributed by atoms with Crippen LogP contribution in [-0.2, 0) is 9.13 Å². The van der Waals surface area contributed by atoms with Gasteiger partial charge in [0.1, 0.15) is 54.9 Å². The lowest BCUT2D eigenvalue weighted by atomic mass is 10.0. The third kappa shape index (κ3) is 16.6. The molecule has 0 aliphatic heterocycles. The molecule has 0 aliphatic rings. The molecule has 312 valence electrons. The zero-order valence-electron chi connectivity index (χ0n) is 28.7. The maximum atomic E-state index is 12.1. The minimum atomic E-state index is -4.83. The Bertz CT molecular complexity index is 1950. The molecule has 13 N–H and O–H groups in total. The molecule has 2 aromatic carbocycles. The lowest BCUT2D eigenvalue weighted by Crippen LogP contribution is -2.83. The van der Waals surface area contributed by atoms with Gasteiger partial charge in [-0.15, -0.1) is 0 Å². The highest BCUT2D eigenvalue weighted by molar-refractivity contribution is 7.47. The van der Waals surface area contributed by atoms with Crippen LogP contribution in [0.25, 0.3) is 0 Å². The summed E-state index contributed by atoms with van der Waals surface area (Å²) in [6.45, 7) is -0.433. The van der Waals surface area contributed by atoms with Gasteiger partial charge in [-0.3, -0.25) is 60.0 Å². The molecule has 26 nitrogen and oxygen atoms in total. The SMILES string of the molecule is C[NH2+]C[C@H](O)[C@@H](O)[C@H](O)[C@H](O)CO.O=C(Nc1ncc([N+](=O)[O-])s1)c1ccccc1OP(=O)(O)O.O=C(Nc1ncc([N+](=O)[O-])s1)c1ccccc1OP(=O)(O)O. The van der Waals surface area contributed by atoms with Crippen molar-refractivity contribution in [2.75, 3.05) is 30.8 Å². The highest BCUT2D eigenvalue weighted by Gasteiger charge is 2.30. The predicted molar refractivity (Wildman–Crippen MR) is 196 cm³/mol. The molecule has 0 aliphatic carbocycles. The van der Waals surface area contributed by atoms with Crippen LogP contribution in [0.15, 0.2) is 60.9 Å². The van der Waals surface area contributed by atoms with E-state index in [2.05, 4.69) is 29.6 Å². The molecule has 4 aromatic rings. The molecule has 0 bridgehead atoms. The molecule has 4 atom stereocenters. The van der Waals surface area contributed by atoms with Crippen molar-refractivity contribution in [3.05, 3.63) is 92.3 Å². The molecule has 30 heteroatoms. The Hall–Kier alpha value is -4.90. The number of nitrogens with one attached hydrogen (secondary N) is 2. The van der Waals surface area contributed by atoms with Crippen molar-refractivity contribution >= 4 is 70.4 Å². The first-order chi connectivity index (χ1) is 26.6. The summed E-state index contributed by atoms with van der Waals surface area (Å²) < 4.78 is 30.6. The van der Waals surface area contributed by atoms with E-state index in [-0.39, 0.29) is 49.4 Å². The van der Waals surface area contributed by atoms with Crippen molar-refractivity contribution < 1.29 is 88.0 Å². The molecular weight excluding hydrogens is 852 g/mol. The Morgan fingerprint density at radius 3 is 1.44 bits per heavy atom. The van der Waals surface area contributed by atoms with E-state index in [1.54, 1.807) is 12.4 Å². The first kappa shape index (κ1) is 48.2. The number of carbonyl (C=O) groups is 2. The number of likely N-dealkylation sites (N-methyl/N-ethyl adjacent to an activating group) is 1. The Morgan fingerprint density at radius 1 is 0.754 bits per heavy atom. The normalized spacial score (nSPS) is 13.2. The Morgan fingerprint density at radius 2 is 1.12 bits per heavy atom. The van der Waals surface area contributed by atoms with Gasteiger partial charge in [0.15, 0.2) is 10.3 Å². The quantitative estimate of drug-likeness (QED) is 0.0371. The summed E-state index contributed by atoms with van der Waals surface area (Å²) in [4.78, 5) is 86.4. The fraction of sp³-hybridized carbons (Fsp3) is 0.259. The van der Waals surface area contributed by atoms with Crippen LogP contribution in [0.2, 0.25) is 0 Å². The third-order valence-corrected chi connectivity index (χ3v) is 8.89. The third-order valence-electron chi connectivity index (χ3n) is 6.29. The van der Waals surface area contributed by atoms with E-state index < -0.39 is 68.3 Å². The van der Waals surface area contributed by atoms with Gasteiger partial charge >= 0.3 is 25.6 Å². The van der Waals surface area contributed by atoms with Crippen molar-refractivity contribution in [1.82, 2.24) is 9.97 Å². The molecular formula is C27H34N7O19P2S2+. The number of hydrogen-bond acceptors (Lipinski definition) is 19. The lowest BCUT2D eigenvalue weighted by molar-refractivity contribution is -0.635. The number of benzene rings is 2. The molecule has 2 aromatic heterocycles. The number of hydrogen-bond donors (Lipinski definition) is 12. The summed E-state index contributed by atoms with van der Waals surface area (Å²) in [5.74, 6) is -2.18. The van der Waals surface area contributed by atoms with Crippen LogP contribution < -0.4 is 25.0 Å². The maximum Gasteiger partial charge on any atom is 0.524 e. The van der Waals surface area contributed by atoms with Gasteiger partial charge in [0, 0.05) is 0 Å². The highest BCUT2D eigenvalue weighted by Crippen LogP contribution is 2.40. The highest BCUT2D eigenvalue weighted by atomic mass is 32.1.